The lowest BCUT2D eigenvalue weighted by Gasteiger charge is -2.09. The van der Waals surface area contributed by atoms with E-state index in [9.17, 15) is 8.78 Å². The summed E-state index contributed by atoms with van der Waals surface area (Å²) in [6.07, 6.45) is 0. The first kappa shape index (κ1) is 11.4. The molecule has 0 aliphatic heterocycles. The fraction of sp³-hybridized carbons (Fsp3) is 0.167. The van der Waals surface area contributed by atoms with Crippen molar-refractivity contribution in [2.45, 2.75) is 13.5 Å². The number of hydrogen-bond donors (Lipinski definition) is 2. The standard InChI is InChI=1S/C12H12F2N2O/c1-7-2-3-8(17-7)6-16-12-10(15)5-4-9(13)11(12)14/h2-5,16H,6,15H2,1H3. The summed E-state index contributed by atoms with van der Waals surface area (Å²) in [6.45, 7) is 2.05. The molecule has 1 heterocycles. The number of hydrogen-bond acceptors (Lipinski definition) is 3. The second kappa shape index (κ2) is 4.45. The Hall–Kier alpha value is -2.04. The van der Waals surface area contributed by atoms with Crippen LogP contribution in [-0.2, 0) is 6.54 Å². The van der Waals surface area contributed by atoms with E-state index in [1.54, 1.807) is 19.1 Å². The summed E-state index contributed by atoms with van der Waals surface area (Å²) in [6, 6.07) is 5.86. The molecule has 1 aromatic heterocycles. The van der Waals surface area contributed by atoms with Gasteiger partial charge in [0.05, 0.1) is 17.9 Å². The number of halogens is 2. The minimum atomic E-state index is -0.978. The Morgan fingerprint density at radius 2 is 2.00 bits per heavy atom. The number of furan rings is 1. The molecule has 1 aromatic carbocycles. The quantitative estimate of drug-likeness (QED) is 0.808. The van der Waals surface area contributed by atoms with Crippen LogP contribution >= 0.6 is 0 Å². The molecule has 0 atom stereocenters. The van der Waals surface area contributed by atoms with E-state index in [0.29, 0.717) is 5.76 Å². The van der Waals surface area contributed by atoms with Gasteiger partial charge in [-0.1, -0.05) is 0 Å². The van der Waals surface area contributed by atoms with Crippen molar-refractivity contribution >= 4 is 11.4 Å². The van der Waals surface area contributed by atoms with Gasteiger partial charge in [-0.2, -0.15) is 0 Å². The minimum absolute atomic E-state index is 0.0425. The average molecular weight is 238 g/mol. The van der Waals surface area contributed by atoms with Crippen LogP contribution in [-0.4, -0.2) is 0 Å². The molecule has 0 aliphatic rings. The van der Waals surface area contributed by atoms with Gasteiger partial charge in [-0.15, -0.1) is 0 Å². The van der Waals surface area contributed by atoms with E-state index in [2.05, 4.69) is 5.32 Å². The van der Waals surface area contributed by atoms with Crippen LogP contribution in [0.5, 0.6) is 0 Å². The van der Waals surface area contributed by atoms with Gasteiger partial charge in [-0.05, 0) is 31.2 Å². The van der Waals surface area contributed by atoms with Gasteiger partial charge in [0, 0.05) is 0 Å². The summed E-state index contributed by atoms with van der Waals surface area (Å²) in [7, 11) is 0. The maximum atomic E-state index is 13.4. The summed E-state index contributed by atoms with van der Waals surface area (Å²) in [4.78, 5) is 0. The van der Waals surface area contributed by atoms with Crippen LogP contribution in [0.25, 0.3) is 0 Å². The lowest BCUT2D eigenvalue weighted by molar-refractivity contribution is 0.488. The molecule has 3 N–H and O–H groups in total. The highest BCUT2D eigenvalue weighted by Crippen LogP contribution is 2.25. The second-order valence-corrected chi connectivity index (χ2v) is 3.69. The third kappa shape index (κ3) is 2.38. The number of nitrogens with two attached hydrogens (primary N) is 1. The number of rotatable bonds is 3. The molecule has 0 bridgehead atoms. The smallest absolute Gasteiger partial charge is 0.183 e. The minimum Gasteiger partial charge on any atom is -0.465 e. The molecule has 0 fully saturated rings. The Kier molecular flexibility index (Phi) is 2.99. The average Bonchev–Trinajstić information content (AvgIpc) is 2.70. The second-order valence-electron chi connectivity index (χ2n) is 3.69. The van der Waals surface area contributed by atoms with E-state index < -0.39 is 11.6 Å². The molecular weight excluding hydrogens is 226 g/mol. The first-order valence-electron chi connectivity index (χ1n) is 5.10. The monoisotopic (exact) mass is 238 g/mol. The van der Waals surface area contributed by atoms with Crippen LogP contribution in [0, 0.1) is 18.6 Å². The summed E-state index contributed by atoms with van der Waals surface area (Å²) >= 11 is 0. The van der Waals surface area contributed by atoms with Crippen molar-refractivity contribution in [2.75, 3.05) is 11.1 Å². The Balaban J connectivity index is 2.16. The molecule has 0 unspecified atom stereocenters. The summed E-state index contributed by atoms with van der Waals surface area (Å²) in [5, 5.41) is 2.72. The lowest BCUT2D eigenvalue weighted by atomic mass is 10.2. The Labute approximate surface area is 97.2 Å². The molecule has 0 saturated heterocycles. The van der Waals surface area contributed by atoms with Gasteiger partial charge >= 0.3 is 0 Å². The van der Waals surface area contributed by atoms with Crippen LogP contribution in [0.15, 0.2) is 28.7 Å². The Morgan fingerprint density at radius 3 is 2.65 bits per heavy atom. The van der Waals surface area contributed by atoms with Crippen LogP contribution < -0.4 is 11.1 Å². The number of nitrogen functional groups attached to an aromatic ring is 1. The van der Waals surface area contributed by atoms with Crippen molar-refractivity contribution in [2.24, 2.45) is 0 Å². The van der Waals surface area contributed by atoms with Gasteiger partial charge in [0.1, 0.15) is 11.5 Å². The molecule has 0 radical (unpaired) electrons. The van der Waals surface area contributed by atoms with Crippen LogP contribution in [0.3, 0.4) is 0 Å². The molecule has 90 valence electrons. The third-order valence-electron chi connectivity index (χ3n) is 2.36. The molecule has 0 saturated carbocycles. The van der Waals surface area contributed by atoms with Gasteiger partial charge in [0.25, 0.3) is 0 Å². The van der Waals surface area contributed by atoms with Crippen molar-refractivity contribution in [1.29, 1.82) is 0 Å². The highest BCUT2D eigenvalue weighted by atomic mass is 19.2. The molecule has 0 spiro atoms. The van der Waals surface area contributed by atoms with Crippen LogP contribution in [0.1, 0.15) is 11.5 Å². The van der Waals surface area contributed by atoms with Gasteiger partial charge in [0.2, 0.25) is 0 Å². The maximum absolute atomic E-state index is 13.4. The van der Waals surface area contributed by atoms with Gasteiger partial charge in [0.15, 0.2) is 11.6 Å². The highest BCUT2D eigenvalue weighted by Gasteiger charge is 2.11. The van der Waals surface area contributed by atoms with Crippen molar-refractivity contribution in [1.82, 2.24) is 0 Å². The predicted octanol–water partition coefficient (Wildman–Crippen LogP) is 3.06. The van der Waals surface area contributed by atoms with E-state index in [1.165, 1.54) is 6.07 Å². The number of anilines is 2. The molecule has 17 heavy (non-hydrogen) atoms. The zero-order valence-corrected chi connectivity index (χ0v) is 9.26. The normalized spacial score (nSPS) is 10.5. The molecule has 5 heteroatoms. The SMILES string of the molecule is Cc1ccc(CNc2c(N)ccc(F)c2F)o1. The van der Waals surface area contributed by atoms with E-state index in [1.807, 2.05) is 0 Å². The zero-order valence-electron chi connectivity index (χ0n) is 9.26. The first-order valence-corrected chi connectivity index (χ1v) is 5.10. The van der Waals surface area contributed by atoms with E-state index >= 15 is 0 Å². The lowest BCUT2D eigenvalue weighted by Crippen LogP contribution is -2.05. The zero-order chi connectivity index (χ0) is 12.4. The maximum Gasteiger partial charge on any atom is 0.183 e. The first-order chi connectivity index (χ1) is 8.08. The van der Waals surface area contributed by atoms with E-state index in [-0.39, 0.29) is 17.9 Å². The van der Waals surface area contributed by atoms with Crippen molar-refractivity contribution in [3.63, 3.8) is 0 Å². The van der Waals surface area contributed by atoms with Gasteiger partial charge in [-0.25, -0.2) is 8.78 Å². The topological polar surface area (TPSA) is 51.2 Å². The van der Waals surface area contributed by atoms with E-state index in [4.69, 9.17) is 10.2 Å². The van der Waals surface area contributed by atoms with Gasteiger partial charge in [-0.3, -0.25) is 0 Å². The molecular formula is C12H12F2N2O. The number of nitrogens with one attached hydrogen (secondary N) is 1. The number of aryl methyl sites for hydroxylation is 1. The third-order valence-corrected chi connectivity index (χ3v) is 2.36. The fourth-order valence-corrected chi connectivity index (χ4v) is 1.50. The molecule has 0 amide bonds. The van der Waals surface area contributed by atoms with Crippen LogP contribution in [0.2, 0.25) is 0 Å². The summed E-state index contributed by atoms with van der Waals surface area (Å²) in [5.41, 5.74) is 5.68. The predicted molar refractivity (Wildman–Crippen MR) is 61.5 cm³/mol. The Morgan fingerprint density at radius 1 is 1.24 bits per heavy atom. The Bertz CT molecular complexity index is 537. The van der Waals surface area contributed by atoms with Crippen molar-refractivity contribution in [3.8, 4) is 0 Å². The largest absolute Gasteiger partial charge is 0.465 e. The summed E-state index contributed by atoms with van der Waals surface area (Å²) < 4.78 is 31.7. The molecule has 3 nitrogen and oxygen atoms in total. The molecule has 2 aromatic rings. The molecule has 0 aliphatic carbocycles. The molecule has 2 rings (SSSR count). The fourth-order valence-electron chi connectivity index (χ4n) is 1.50. The number of benzene rings is 1. The van der Waals surface area contributed by atoms with Crippen LogP contribution in [0.4, 0.5) is 20.2 Å². The van der Waals surface area contributed by atoms with Crippen molar-refractivity contribution < 1.29 is 13.2 Å². The van der Waals surface area contributed by atoms with Crippen molar-refractivity contribution in [3.05, 3.63) is 47.4 Å². The summed E-state index contributed by atoms with van der Waals surface area (Å²) in [5.74, 6) is -0.523. The van der Waals surface area contributed by atoms with Gasteiger partial charge < -0.3 is 15.5 Å². The highest BCUT2D eigenvalue weighted by molar-refractivity contribution is 5.66. The van der Waals surface area contributed by atoms with E-state index in [0.717, 1.165) is 11.8 Å².